The van der Waals surface area contributed by atoms with Crippen molar-refractivity contribution in [2.45, 2.75) is 19.4 Å². The topological polar surface area (TPSA) is 34.1 Å². The summed E-state index contributed by atoms with van der Waals surface area (Å²) in [5.74, 6) is 1.45. The van der Waals surface area contributed by atoms with Crippen LogP contribution in [-0.2, 0) is 6.54 Å². The minimum atomic E-state index is 0.358. The van der Waals surface area contributed by atoms with Crippen molar-refractivity contribution in [1.29, 1.82) is 0 Å². The van der Waals surface area contributed by atoms with Crippen molar-refractivity contribution in [3.63, 3.8) is 0 Å². The van der Waals surface area contributed by atoms with Crippen molar-refractivity contribution in [3.8, 4) is 5.88 Å². The normalized spacial score (nSPS) is 17.1. The van der Waals surface area contributed by atoms with Crippen LogP contribution >= 0.6 is 11.6 Å². The molecule has 88 valence electrons. The molecule has 1 aromatic rings. The Bertz CT molecular complexity index is 353. The third-order valence-corrected chi connectivity index (χ3v) is 3.67. The molecule has 0 aromatic carbocycles. The summed E-state index contributed by atoms with van der Waals surface area (Å²) in [6, 6.07) is 3.95. The highest BCUT2D eigenvalue weighted by atomic mass is 35.5. The number of nitrogens with one attached hydrogen (secondary N) is 1. The molecule has 0 unspecified atom stereocenters. The van der Waals surface area contributed by atoms with Gasteiger partial charge in [0.05, 0.1) is 7.11 Å². The summed E-state index contributed by atoms with van der Waals surface area (Å²) in [4.78, 5) is 4.16. The maximum atomic E-state index is 5.92. The average molecular weight is 241 g/mol. The van der Waals surface area contributed by atoms with E-state index >= 15 is 0 Å². The van der Waals surface area contributed by atoms with Crippen LogP contribution in [0.15, 0.2) is 18.3 Å². The highest BCUT2D eigenvalue weighted by Gasteiger charge is 2.41. The molecule has 1 aliphatic carbocycles. The summed E-state index contributed by atoms with van der Waals surface area (Å²) in [5, 5.41) is 3.43. The van der Waals surface area contributed by atoms with Crippen LogP contribution in [0.5, 0.6) is 5.88 Å². The molecule has 1 saturated carbocycles. The number of nitrogens with zero attached hydrogens (tertiary/aromatic N) is 1. The number of rotatable bonds is 6. The highest BCUT2D eigenvalue weighted by Crippen LogP contribution is 2.45. The zero-order chi connectivity index (χ0) is 11.4. The Labute approximate surface area is 101 Å². The molecule has 1 aromatic heterocycles. The van der Waals surface area contributed by atoms with Gasteiger partial charge < -0.3 is 10.1 Å². The van der Waals surface area contributed by atoms with Gasteiger partial charge in [0.2, 0.25) is 5.88 Å². The Balaban J connectivity index is 1.85. The predicted molar refractivity (Wildman–Crippen MR) is 64.9 cm³/mol. The van der Waals surface area contributed by atoms with E-state index < -0.39 is 0 Å². The molecular weight excluding hydrogens is 224 g/mol. The maximum Gasteiger partial charge on any atom is 0.217 e. The molecule has 1 N–H and O–H groups in total. The van der Waals surface area contributed by atoms with Crippen LogP contribution in [0.2, 0.25) is 0 Å². The van der Waals surface area contributed by atoms with Crippen molar-refractivity contribution in [2.75, 3.05) is 19.5 Å². The summed E-state index contributed by atoms with van der Waals surface area (Å²) in [6.45, 7) is 1.77. The quantitative estimate of drug-likeness (QED) is 0.775. The number of halogens is 1. The smallest absolute Gasteiger partial charge is 0.217 e. The number of hydrogen-bond donors (Lipinski definition) is 1. The summed E-state index contributed by atoms with van der Waals surface area (Å²) in [7, 11) is 1.65. The first kappa shape index (κ1) is 11.7. The fraction of sp³-hybridized carbons (Fsp3) is 0.583. The molecule has 0 amide bonds. The van der Waals surface area contributed by atoms with Gasteiger partial charge in [-0.1, -0.05) is 6.07 Å². The minimum absolute atomic E-state index is 0.358. The minimum Gasteiger partial charge on any atom is -0.481 e. The molecule has 3 nitrogen and oxygen atoms in total. The Morgan fingerprint density at radius 3 is 3.00 bits per heavy atom. The summed E-state index contributed by atoms with van der Waals surface area (Å²) in [6.07, 6.45) is 4.23. The summed E-state index contributed by atoms with van der Waals surface area (Å²) < 4.78 is 5.19. The van der Waals surface area contributed by atoms with Crippen LogP contribution in [0.1, 0.15) is 18.4 Å². The number of ether oxygens (including phenoxy) is 1. The monoisotopic (exact) mass is 240 g/mol. The SMILES string of the molecule is COc1ncccc1CNCC1(CCl)CC1. The van der Waals surface area contributed by atoms with Gasteiger partial charge in [0.1, 0.15) is 0 Å². The Hall–Kier alpha value is -0.800. The molecule has 1 heterocycles. The van der Waals surface area contributed by atoms with E-state index in [9.17, 15) is 0 Å². The van der Waals surface area contributed by atoms with Gasteiger partial charge in [-0.05, 0) is 24.3 Å². The lowest BCUT2D eigenvalue weighted by Gasteiger charge is -2.13. The lowest BCUT2D eigenvalue weighted by Crippen LogP contribution is -2.24. The third-order valence-electron chi connectivity index (χ3n) is 3.10. The van der Waals surface area contributed by atoms with E-state index in [1.807, 2.05) is 12.1 Å². The van der Waals surface area contributed by atoms with Gasteiger partial charge in [0.25, 0.3) is 0 Å². The van der Waals surface area contributed by atoms with Crippen LogP contribution in [0, 0.1) is 5.41 Å². The van der Waals surface area contributed by atoms with E-state index in [4.69, 9.17) is 16.3 Å². The van der Waals surface area contributed by atoms with Gasteiger partial charge in [-0.25, -0.2) is 4.98 Å². The second-order valence-corrected chi connectivity index (χ2v) is 4.68. The first-order valence-electron chi connectivity index (χ1n) is 5.54. The average Bonchev–Trinajstić information content (AvgIpc) is 3.10. The van der Waals surface area contributed by atoms with Crippen molar-refractivity contribution in [3.05, 3.63) is 23.9 Å². The molecule has 4 heteroatoms. The second kappa shape index (κ2) is 5.02. The lowest BCUT2D eigenvalue weighted by molar-refractivity contribution is 0.389. The highest BCUT2D eigenvalue weighted by molar-refractivity contribution is 6.18. The third kappa shape index (κ3) is 2.66. The fourth-order valence-electron chi connectivity index (χ4n) is 1.74. The Morgan fingerprint density at radius 2 is 2.38 bits per heavy atom. The number of alkyl halides is 1. The molecule has 16 heavy (non-hydrogen) atoms. The summed E-state index contributed by atoms with van der Waals surface area (Å²) in [5.41, 5.74) is 1.45. The molecule has 0 aliphatic heterocycles. The van der Waals surface area contributed by atoms with E-state index in [2.05, 4.69) is 10.3 Å². The molecular formula is C12H17ClN2O. The van der Waals surface area contributed by atoms with E-state index in [0.29, 0.717) is 11.3 Å². The van der Waals surface area contributed by atoms with Gasteiger partial charge in [-0.15, -0.1) is 11.6 Å². The van der Waals surface area contributed by atoms with Crippen molar-refractivity contribution in [1.82, 2.24) is 10.3 Å². The van der Waals surface area contributed by atoms with Crippen LogP contribution < -0.4 is 10.1 Å². The van der Waals surface area contributed by atoms with Crippen molar-refractivity contribution >= 4 is 11.6 Å². The van der Waals surface area contributed by atoms with Crippen LogP contribution in [0.4, 0.5) is 0 Å². The molecule has 2 rings (SSSR count). The molecule has 0 radical (unpaired) electrons. The van der Waals surface area contributed by atoms with Gasteiger partial charge in [-0.3, -0.25) is 0 Å². The molecule has 0 saturated heterocycles. The molecule has 1 fully saturated rings. The van der Waals surface area contributed by atoms with E-state index in [1.54, 1.807) is 13.3 Å². The molecule has 0 spiro atoms. The number of pyridine rings is 1. The van der Waals surface area contributed by atoms with Crippen LogP contribution in [-0.4, -0.2) is 24.5 Å². The number of hydrogen-bond acceptors (Lipinski definition) is 3. The Kier molecular flexibility index (Phi) is 3.66. The van der Waals surface area contributed by atoms with Crippen LogP contribution in [0.3, 0.4) is 0 Å². The Morgan fingerprint density at radius 1 is 1.56 bits per heavy atom. The number of aromatic nitrogens is 1. The van der Waals surface area contributed by atoms with E-state index in [-0.39, 0.29) is 0 Å². The number of methoxy groups -OCH3 is 1. The summed E-state index contributed by atoms with van der Waals surface area (Å²) >= 11 is 5.92. The van der Waals surface area contributed by atoms with Crippen LogP contribution in [0.25, 0.3) is 0 Å². The molecule has 0 atom stereocenters. The maximum absolute atomic E-state index is 5.92. The molecule has 1 aliphatic rings. The predicted octanol–water partition coefficient (Wildman–Crippen LogP) is 2.20. The van der Waals surface area contributed by atoms with E-state index in [1.165, 1.54) is 12.8 Å². The fourth-order valence-corrected chi connectivity index (χ4v) is 2.10. The largest absolute Gasteiger partial charge is 0.481 e. The molecule has 0 bridgehead atoms. The van der Waals surface area contributed by atoms with Crippen molar-refractivity contribution < 1.29 is 4.74 Å². The lowest BCUT2D eigenvalue weighted by atomic mass is 10.1. The van der Waals surface area contributed by atoms with Gasteiger partial charge in [0.15, 0.2) is 0 Å². The first-order chi connectivity index (χ1) is 7.79. The first-order valence-corrected chi connectivity index (χ1v) is 6.08. The second-order valence-electron chi connectivity index (χ2n) is 4.41. The zero-order valence-electron chi connectivity index (χ0n) is 9.50. The van der Waals surface area contributed by atoms with E-state index in [0.717, 1.165) is 24.5 Å². The van der Waals surface area contributed by atoms with Gasteiger partial charge in [0, 0.05) is 30.7 Å². The standard InChI is InChI=1S/C12H17ClN2O/c1-16-11-10(3-2-6-15-11)7-14-9-12(8-13)4-5-12/h2-3,6,14H,4-5,7-9H2,1H3. The van der Waals surface area contributed by atoms with Crippen molar-refractivity contribution in [2.24, 2.45) is 5.41 Å². The zero-order valence-corrected chi connectivity index (χ0v) is 10.3. The van der Waals surface area contributed by atoms with Gasteiger partial charge >= 0.3 is 0 Å². The van der Waals surface area contributed by atoms with Gasteiger partial charge in [-0.2, -0.15) is 0 Å².